The normalized spacial score (nSPS) is 10.7. The molecule has 0 unspecified atom stereocenters. The highest BCUT2D eigenvalue weighted by atomic mass is 16.1. The predicted octanol–water partition coefficient (Wildman–Crippen LogP) is 1.88. The molecule has 2 aromatic heterocycles. The van der Waals surface area contributed by atoms with E-state index in [4.69, 9.17) is 0 Å². The van der Waals surface area contributed by atoms with Gasteiger partial charge < -0.3 is 5.32 Å². The number of anilines is 1. The van der Waals surface area contributed by atoms with E-state index >= 15 is 0 Å². The molecule has 2 aromatic rings. The Morgan fingerprint density at radius 2 is 2.11 bits per heavy atom. The van der Waals surface area contributed by atoms with Gasteiger partial charge in [-0.2, -0.15) is 10.2 Å². The van der Waals surface area contributed by atoms with E-state index < -0.39 is 0 Å². The smallest absolute Gasteiger partial charge is 0.230 e. The van der Waals surface area contributed by atoms with Gasteiger partial charge >= 0.3 is 0 Å². The molecule has 0 aliphatic carbocycles. The van der Waals surface area contributed by atoms with E-state index in [9.17, 15) is 4.79 Å². The molecule has 1 amide bonds. The van der Waals surface area contributed by atoms with Gasteiger partial charge in [-0.05, 0) is 20.3 Å². The molecule has 6 nitrogen and oxygen atoms in total. The number of rotatable bonds is 5. The van der Waals surface area contributed by atoms with Gasteiger partial charge in [-0.25, -0.2) is 0 Å². The second-order valence-corrected chi connectivity index (χ2v) is 4.67. The maximum Gasteiger partial charge on any atom is 0.230 e. The fourth-order valence-electron chi connectivity index (χ4n) is 2.01. The molecule has 0 radical (unpaired) electrons. The number of nitrogens with one attached hydrogen (secondary N) is 3. The summed E-state index contributed by atoms with van der Waals surface area (Å²) in [7, 11) is 0. The molecule has 0 fully saturated rings. The Balaban J connectivity index is 1.97. The third-order valence-electron chi connectivity index (χ3n) is 3.04. The van der Waals surface area contributed by atoms with Crippen molar-refractivity contribution >= 4 is 11.7 Å². The van der Waals surface area contributed by atoms with Gasteiger partial charge in [0.1, 0.15) is 0 Å². The third kappa shape index (κ3) is 3.21. The van der Waals surface area contributed by atoms with Crippen LogP contribution >= 0.6 is 0 Å². The van der Waals surface area contributed by atoms with Crippen molar-refractivity contribution in [1.82, 2.24) is 20.4 Å². The molecule has 0 atom stereocenters. The summed E-state index contributed by atoms with van der Waals surface area (Å²) in [4.78, 5) is 11.9. The highest BCUT2D eigenvalue weighted by molar-refractivity contribution is 5.91. The number of hydrogen-bond acceptors (Lipinski definition) is 3. The molecular weight excluding hydrogens is 242 g/mol. The number of carbonyl (C=O) groups is 1. The molecular formula is C13H19N5O. The molecule has 3 N–H and O–H groups in total. The number of nitrogens with zero attached hydrogens (tertiary/aromatic N) is 2. The van der Waals surface area contributed by atoms with Crippen molar-refractivity contribution in [3.63, 3.8) is 0 Å². The number of hydrogen-bond donors (Lipinski definition) is 3. The van der Waals surface area contributed by atoms with Crippen LogP contribution in [0.1, 0.15) is 36.0 Å². The molecule has 0 bridgehead atoms. The first-order valence-corrected chi connectivity index (χ1v) is 6.44. The minimum absolute atomic E-state index is 0.0813. The molecule has 2 rings (SSSR count). The summed E-state index contributed by atoms with van der Waals surface area (Å²) in [6, 6.07) is 1.87. The number of aromatic nitrogens is 4. The van der Waals surface area contributed by atoms with Crippen LogP contribution in [0.5, 0.6) is 0 Å². The van der Waals surface area contributed by atoms with Crippen LogP contribution in [0.25, 0.3) is 0 Å². The van der Waals surface area contributed by atoms with E-state index in [1.54, 1.807) is 0 Å². The van der Waals surface area contributed by atoms with E-state index in [0.717, 1.165) is 35.5 Å². The Hall–Kier alpha value is -2.11. The highest BCUT2D eigenvalue weighted by Gasteiger charge is 2.12. The summed E-state index contributed by atoms with van der Waals surface area (Å²) in [5, 5.41) is 16.7. The molecule has 102 valence electrons. The van der Waals surface area contributed by atoms with Crippen LogP contribution in [-0.2, 0) is 17.6 Å². The predicted molar refractivity (Wildman–Crippen MR) is 73.0 cm³/mol. The average Bonchev–Trinajstić information content (AvgIpc) is 2.91. The minimum Gasteiger partial charge on any atom is -0.309 e. The van der Waals surface area contributed by atoms with Crippen LogP contribution < -0.4 is 5.32 Å². The molecule has 0 saturated carbocycles. The van der Waals surface area contributed by atoms with Crippen molar-refractivity contribution < 1.29 is 4.79 Å². The number of amides is 1. The van der Waals surface area contributed by atoms with Crippen LogP contribution in [0, 0.1) is 13.8 Å². The molecule has 0 aliphatic rings. The van der Waals surface area contributed by atoms with Crippen LogP contribution in [0.2, 0.25) is 0 Å². The number of aromatic amines is 2. The second kappa shape index (κ2) is 5.69. The maximum atomic E-state index is 11.9. The lowest BCUT2D eigenvalue weighted by molar-refractivity contribution is -0.115. The lowest BCUT2D eigenvalue weighted by Gasteiger charge is -2.02. The van der Waals surface area contributed by atoms with Crippen molar-refractivity contribution in [3.8, 4) is 0 Å². The van der Waals surface area contributed by atoms with Crippen molar-refractivity contribution in [1.29, 1.82) is 0 Å². The van der Waals surface area contributed by atoms with Gasteiger partial charge in [-0.3, -0.25) is 15.0 Å². The van der Waals surface area contributed by atoms with Gasteiger partial charge in [0, 0.05) is 23.0 Å². The van der Waals surface area contributed by atoms with Crippen LogP contribution in [0.15, 0.2) is 6.07 Å². The van der Waals surface area contributed by atoms with Gasteiger partial charge in [0.05, 0.1) is 12.1 Å². The largest absolute Gasteiger partial charge is 0.309 e. The number of aryl methyl sites for hydroxylation is 3. The van der Waals surface area contributed by atoms with E-state index in [1.165, 1.54) is 0 Å². The SMILES string of the molecule is CCCc1cc(NC(=O)Cc2c(C)n[nH]c2C)n[nH]1. The van der Waals surface area contributed by atoms with Crippen molar-refractivity contribution in [2.75, 3.05) is 5.32 Å². The van der Waals surface area contributed by atoms with E-state index in [1.807, 2.05) is 19.9 Å². The molecule has 6 heteroatoms. The Labute approximate surface area is 112 Å². The first kappa shape index (κ1) is 13.3. The quantitative estimate of drug-likeness (QED) is 0.768. The monoisotopic (exact) mass is 261 g/mol. The zero-order chi connectivity index (χ0) is 13.8. The summed E-state index contributed by atoms with van der Waals surface area (Å²) in [5.41, 5.74) is 3.78. The van der Waals surface area contributed by atoms with Crippen LogP contribution in [0.3, 0.4) is 0 Å². The Kier molecular flexibility index (Phi) is 3.99. The van der Waals surface area contributed by atoms with Gasteiger partial charge in [0.15, 0.2) is 5.82 Å². The van der Waals surface area contributed by atoms with Crippen molar-refractivity contribution in [3.05, 3.63) is 28.7 Å². The fourth-order valence-corrected chi connectivity index (χ4v) is 2.01. The average molecular weight is 261 g/mol. The third-order valence-corrected chi connectivity index (χ3v) is 3.04. The van der Waals surface area contributed by atoms with Gasteiger partial charge in [-0.1, -0.05) is 13.3 Å². The van der Waals surface area contributed by atoms with Crippen molar-refractivity contribution in [2.24, 2.45) is 0 Å². The Bertz CT molecular complexity index is 550. The van der Waals surface area contributed by atoms with E-state index in [2.05, 4.69) is 32.6 Å². The first-order valence-electron chi connectivity index (χ1n) is 6.44. The van der Waals surface area contributed by atoms with Crippen molar-refractivity contribution in [2.45, 2.75) is 40.0 Å². The lowest BCUT2D eigenvalue weighted by Crippen LogP contribution is -2.15. The molecule has 0 spiro atoms. The van der Waals surface area contributed by atoms with E-state index in [0.29, 0.717) is 12.2 Å². The van der Waals surface area contributed by atoms with Crippen LogP contribution in [0.4, 0.5) is 5.82 Å². The summed E-state index contributed by atoms with van der Waals surface area (Å²) in [6.07, 6.45) is 2.29. The fraction of sp³-hybridized carbons (Fsp3) is 0.462. The summed E-state index contributed by atoms with van der Waals surface area (Å²) in [6.45, 7) is 5.90. The zero-order valence-electron chi connectivity index (χ0n) is 11.5. The van der Waals surface area contributed by atoms with E-state index in [-0.39, 0.29) is 5.91 Å². The summed E-state index contributed by atoms with van der Waals surface area (Å²) >= 11 is 0. The topological polar surface area (TPSA) is 86.5 Å². The zero-order valence-corrected chi connectivity index (χ0v) is 11.5. The highest BCUT2D eigenvalue weighted by Crippen LogP contribution is 2.12. The first-order chi connectivity index (χ1) is 9.10. The second-order valence-electron chi connectivity index (χ2n) is 4.67. The standard InChI is InChI=1S/C13H19N5O/c1-4-5-10-6-12(18-17-10)14-13(19)7-11-8(2)15-16-9(11)3/h6H,4-5,7H2,1-3H3,(H,15,16)(H2,14,17,18,19). The summed E-state index contributed by atoms with van der Waals surface area (Å²) in [5.74, 6) is 0.495. The molecule has 0 aromatic carbocycles. The Morgan fingerprint density at radius 1 is 1.32 bits per heavy atom. The molecule has 0 saturated heterocycles. The minimum atomic E-state index is -0.0813. The lowest BCUT2D eigenvalue weighted by atomic mass is 10.1. The Morgan fingerprint density at radius 3 is 2.74 bits per heavy atom. The van der Waals surface area contributed by atoms with Crippen LogP contribution in [-0.4, -0.2) is 26.3 Å². The summed E-state index contributed by atoms with van der Waals surface area (Å²) < 4.78 is 0. The molecule has 19 heavy (non-hydrogen) atoms. The maximum absolute atomic E-state index is 11.9. The van der Waals surface area contributed by atoms with Gasteiger partial charge in [-0.15, -0.1) is 0 Å². The van der Waals surface area contributed by atoms with Gasteiger partial charge in [0.25, 0.3) is 0 Å². The number of H-pyrrole nitrogens is 2. The van der Waals surface area contributed by atoms with Gasteiger partial charge in [0.2, 0.25) is 5.91 Å². The molecule has 2 heterocycles. The molecule has 0 aliphatic heterocycles. The number of carbonyl (C=O) groups excluding carboxylic acids is 1.